The fraction of sp³-hybridized carbons (Fsp3) is 0.688. The Kier molecular flexibility index (Phi) is 4.29. The molecule has 0 aliphatic carbocycles. The molecule has 2 unspecified atom stereocenters. The van der Waals surface area contributed by atoms with E-state index in [1.165, 1.54) is 17.2 Å². The van der Waals surface area contributed by atoms with Crippen molar-refractivity contribution in [1.29, 1.82) is 0 Å². The van der Waals surface area contributed by atoms with Gasteiger partial charge in [0.1, 0.15) is 5.69 Å². The zero-order chi connectivity index (χ0) is 15.7. The quantitative estimate of drug-likeness (QED) is 0.835. The van der Waals surface area contributed by atoms with Gasteiger partial charge in [-0.05, 0) is 38.8 Å². The van der Waals surface area contributed by atoms with Crippen LogP contribution in [-0.2, 0) is 6.54 Å². The van der Waals surface area contributed by atoms with Crippen LogP contribution < -0.4 is 5.56 Å². The molecule has 0 spiro atoms. The molecule has 0 saturated carbocycles. The van der Waals surface area contributed by atoms with Crippen molar-refractivity contribution in [2.75, 3.05) is 20.1 Å². The highest BCUT2D eigenvalue weighted by molar-refractivity contribution is 5.92. The van der Waals surface area contributed by atoms with E-state index in [0.29, 0.717) is 24.3 Å². The fourth-order valence-electron chi connectivity index (χ4n) is 3.59. The monoisotopic (exact) mass is 304 g/mol. The number of carbonyl (C=O) groups is 1. The summed E-state index contributed by atoms with van der Waals surface area (Å²) in [5.74, 6) is -0.0502. The minimum absolute atomic E-state index is 0.0502. The molecule has 3 heterocycles. The van der Waals surface area contributed by atoms with Gasteiger partial charge in [0.05, 0.1) is 0 Å². The van der Waals surface area contributed by atoms with E-state index >= 15 is 0 Å². The molecule has 2 saturated heterocycles. The highest BCUT2D eigenvalue weighted by Gasteiger charge is 2.36. The first-order valence-electron chi connectivity index (χ1n) is 8.19. The molecular formula is C16H24N4O2. The fourth-order valence-corrected chi connectivity index (χ4v) is 3.59. The minimum atomic E-state index is -0.145. The molecule has 2 bridgehead atoms. The summed E-state index contributed by atoms with van der Waals surface area (Å²) in [6.45, 7) is 4.08. The van der Waals surface area contributed by atoms with Crippen LogP contribution in [0.4, 0.5) is 0 Å². The standard InChI is InChI=1S/C16H24N4O2/c1-3-9-20-15(21)7-6-14(17-20)16(22)19-10-8-12-4-5-13(11-19)18(12)2/h6-7,12-13H,3-5,8-11H2,1-2H3. The Bertz CT molecular complexity index is 612. The molecule has 22 heavy (non-hydrogen) atoms. The van der Waals surface area contributed by atoms with E-state index in [-0.39, 0.29) is 11.5 Å². The number of likely N-dealkylation sites (tertiary alicyclic amines) is 1. The smallest absolute Gasteiger partial charge is 0.274 e. The molecule has 1 aromatic rings. The Morgan fingerprint density at radius 1 is 1.27 bits per heavy atom. The van der Waals surface area contributed by atoms with Gasteiger partial charge in [-0.2, -0.15) is 5.10 Å². The Hall–Kier alpha value is -1.69. The van der Waals surface area contributed by atoms with Gasteiger partial charge in [-0.3, -0.25) is 14.5 Å². The number of fused-ring (bicyclic) bond motifs is 2. The maximum atomic E-state index is 12.7. The van der Waals surface area contributed by atoms with Gasteiger partial charge < -0.3 is 4.90 Å². The first-order valence-corrected chi connectivity index (χ1v) is 8.19. The molecule has 0 aromatic carbocycles. The number of aryl methyl sites for hydroxylation is 1. The van der Waals surface area contributed by atoms with Crippen molar-refractivity contribution in [2.45, 2.75) is 51.2 Å². The summed E-state index contributed by atoms with van der Waals surface area (Å²) in [6, 6.07) is 4.07. The zero-order valence-electron chi connectivity index (χ0n) is 13.4. The lowest BCUT2D eigenvalue weighted by Gasteiger charge is -2.25. The predicted octanol–water partition coefficient (Wildman–Crippen LogP) is 0.962. The average Bonchev–Trinajstić information content (AvgIpc) is 2.74. The van der Waals surface area contributed by atoms with Crippen LogP contribution >= 0.6 is 0 Å². The third-order valence-electron chi connectivity index (χ3n) is 4.96. The second-order valence-electron chi connectivity index (χ2n) is 6.37. The summed E-state index contributed by atoms with van der Waals surface area (Å²) < 4.78 is 1.39. The average molecular weight is 304 g/mol. The summed E-state index contributed by atoms with van der Waals surface area (Å²) in [5.41, 5.74) is 0.238. The van der Waals surface area contributed by atoms with Gasteiger partial charge in [0.2, 0.25) is 0 Å². The van der Waals surface area contributed by atoms with E-state index < -0.39 is 0 Å². The number of carbonyl (C=O) groups excluding carboxylic acids is 1. The largest absolute Gasteiger partial charge is 0.336 e. The van der Waals surface area contributed by atoms with Gasteiger partial charge in [0.25, 0.3) is 11.5 Å². The van der Waals surface area contributed by atoms with E-state index in [9.17, 15) is 9.59 Å². The van der Waals surface area contributed by atoms with Crippen LogP contribution in [0.25, 0.3) is 0 Å². The number of hydrogen-bond acceptors (Lipinski definition) is 4. The Morgan fingerprint density at radius 2 is 2.05 bits per heavy atom. The number of aromatic nitrogens is 2. The molecule has 2 aliphatic rings. The molecule has 0 radical (unpaired) electrons. The Balaban J connectivity index is 1.79. The molecule has 1 amide bonds. The third-order valence-corrected chi connectivity index (χ3v) is 4.96. The van der Waals surface area contributed by atoms with Crippen LogP contribution in [0.3, 0.4) is 0 Å². The van der Waals surface area contributed by atoms with Crippen LogP contribution in [0.5, 0.6) is 0 Å². The topological polar surface area (TPSA) is 58.4 Å². The number of likely N-dealkylation sites (N-methyl/N-ethyl adjacent to an activating group) is 1. The molecule has 3 rings (SSSR count). The van der Waals surface area contributed by atoms with Crippen LogP contribution in [0.2, 0.25) is 0 Å². The van der Waals surface area contributed by atoms with Crippen molar-refractivity contribution in [3.8, 4) is 0 Å². The van der Waals surface area contributed by atoms with Crippen molar-refractivity contribution < 1.29 is 4.79 Å². The van der Waals surface area contributed by atoms with Crippen molar-refractivity contribution in [3.05, 3.63) is 28.2 Å². The maximum absolute atomic E-state index is 12.7. The minimum Gasteiger partial charge on any atom is -0.336 e. The van der Waals surface area contributed by atoms with Crippen LogP contribution in [0.15, 0.2) is 16.9 Å². The van der Waals surface area contributed by atoms with E-state index in [4.69, 9.17) is 0 Å². The first kappa shape index (κ1) is 15.2. The highest BCUT2D eigenvalue weighted by Crippen LogP contribution is 2.28. The molecule has 1 aromatic heterocycles. The van der Waals surface area contributed by atoms with Crippen LogP contribution in [0, 0.1) is 0 Å². The first-order chi connectivity index (χ1) is 10.6. The van der Waals surface area contributed by atoms with Crippen molar-refractivity contribution in [3.63, 3.8) is 0 Å². The number of amides is 1. The molecule has 2 aliphatic heterocycles. The van der Waals surface area contributed by atoms with E-state index in [1.54, 1.807) is 6.07 Å². The second kappa shape index (κ2) is 6.20. The second-order valence-corrected chi connectivity index (χ2v) is 6.37. The number of nitrogens with zero attached hydrogens (tertiary/aromatic N) is 4. The summed E-state index contributed by atoms with van der Waals surface area (Å²) in [6.07, 6.45) is 4.24. The van der Waals surface area contributed by atoms with Gasteiger partial charge >= 0.3 is 0 Å². The Morgan fingerprint density at radius 3 is 2.82 bits per heavy atom. The Labute approximate surface area is 130 Å². The normalized spacial score (nSPS) is 25.3. The summed E-state index contributed by atoms with van der Waals surface area (Å²) in [4.78, 5) is 28.8. The van der Waals surface area contributed by atoms with Crippen molar-refractivity contribution in [2.24, 2.45) is 0 Å². The van der Waals surface area contributed by atoms with Crippen molar-refractivity contribution >= 4 is 5.91 Å². The summed E-state index contributed by atoms with van der Waals surface area (Å²) in [7, 11) is 2.16. The zero-order valence-corrected chi connectivity index (χ0v) is 13.4. The molecule has 6 heteroatoms. The molecule has 120 valence electrons. The van der Waals surface area contributed by atoms with E-state index in [1.807, 2.05) is 11.8 Å². The van der Waals surface area contributed by atoms with Crippen molar-refractivity contribution in [1.82, 2.24) is 19.6 Å². The predicted molar refractivity (Wildman–Crippen MR) is 83.9 cm³/mol. The molecule has 6 nitrogen and oxygen atoms in total. The van der Waals surface area contributed by atoms with Gasteiger partial charge in [0, 0.05) is 37.8 Å². The van der Waals surface area contributed by atoms with Crippen LogP contribution in [-0.4, -0.2) is 57.7 Å². The molecule has 0 N–H and O–H groups in total. The van der Waals surface area contributed by atoms with E-state index in [0.717, 1.165) is 32.4 Å². The van der Waals surface area contributed by atoms with Gasteiger partial charge in [-0.25, -0.2) is 4.68 Å². The highest BCUT2D eigenvalue weighted by atomic mass is 16.2. The van der Waals surface area contributed by atoms with Crippen LogP contribution in [0.1, 0.15) is 43.1 Å². The third kappa shape index (κ3) is 2.79. The number of hydrogen-bond donors (Lipinski definition) is 0. The van der Waals surface area contributed by atoms with Gasteiger partial charge in [-0.15, -0.1) is 0 Å². The summed E-state index contributed by atoms with van der Waals surface area (Å²) >= 11 is 0. The molecular weight excluding hydrogens is 280 g/mol. The van der Waals surface area contributed by atoms with Gasteiger partial charge in [-0.1, -0.05) is 6.92 Å². The molecule has 2 fully saturated rings. The van der Waals surface area contributed by atoms with E-state index in [2.05, 4.69) is 17.0 Å². The lowest BCUT2D eigenvalue weighted by Crippen LogP contribution is -2.40. The lowest BCUT2D eigenvalue weighted by molar-refractivity contribution is 0.0731. The SMILES string of the molecule is CCCn1nc(C(=O)N2CCC3CCC(C2)N3C)ccc1=O. The van der Waals surface area contributed by atoms with Gasteiger partial charge in [0.15, 0.2) is 0 Å². The summed E-state index contributed by atoms with van der Waals surface area (Å²) in [5, 5.41) is 4.25. The lowest BCUT2D eigenvalue weighted by atomic mass is 10.1. The maximum Gasteiger partial charge on any atom is 0.274 e. The number of rotatable bonds is 3. The molecule has 2 atom stereocenters.